The molecule has 0 aliphatic rings. The highest BCUT2D eigenvalue weighted by Gasteiger charge is 2.18. The predicted molar refractivity (Wildman–Crippen MR) is 105 cm³/mol. The van der Waals surface area contributed by atoms with Crippen molar-refractivity contribution in [1.29, 1.82) is 0 Å². The summed E-state index contributed by atoms with van der Waals surface area (Å²) in [6, 6.07) is 7.35. The van der Waals surface area contributed by atoms with Crippen LogP contribution in [0.5, 0.6) is 11.5 Å². The highest BCUT2D eigenvalue weighted by atomic mass is 79.9. The second-order valence-corrected chi connectivity index (χ2v) is 6.17. The first-order valence-corrected chi connectivity index (χ1v) is 8.41. The molecule has 2 N–H and O–H groups in total. The van der Waals surface area contributed by atoms with Crippen molar-refractivity contribution < 1.29 is 19.2 Å². The molecule has 0 bridgehead atoms. The minimum absolute atomic E-state index is 0.150. The highest BCUT2D eigenvalue weighted by molar-refractivity contribution is 9.10. The van der Waals surface area contributed by atoms with Crippen molar-refractivity contribution in [1.82, 2.24) is 5.43 Å². The number of nitro groups is 1. The summed E-state index contributed by atoms with van der Waals surface area (Å²) in [7, 11) is 2.79. The smallest absolute Gasteiger partial charge is 0.339 e. The maximum atomic E-state index is 11.9. The number of hydrazone groups is 1. The van der Waals surface area contributed by atoms with Crippen LogP contribution in [-0.2, 0) is 0 Å². The average Bonchev–Trinajstić information content (AvgIpc) is 2.64. The zero-order valence-electron chi connectivity index (χ0n) is 14.8. The summed E-state index contributed by atoms with van der Waals surface area (Å²) in [5.41, 5.74) is 3.71. The highest BCUT2D eigenvalue weighted by Crippen LogP contribution is 2.33. The van der Waals surface area contributed by atoms with Gasteiger partial charge < -0.3 is 14.8 Å². The molecule has 2 amide bonds. The van der Waals surface area contributed by atoms with Gasteiger partial charge in [0.15, 0.2) is 11.5 Å². The van der Waals surface area contributed by atoms with Gasteiger partial charge in [-0.2, -0.15) is 5.10 Å². The molecule has 0 heterocycles. The van der Waals surface area contributed by atoms with E-state index in [0.29, 0.717) is 11.4 Å². The molecule has 9 nitrogen and oxygen atoms in total. The fourth-order valence-corrected chi connectivity index (χ4v) is 2.43. The lowest BCUT2D eigenvalue weighted by atomic mass is 10.1. The molecule has 2 aromatic carbocycles. The van der Waals surface area contributed by atoms with Crippen molar-refractivity contribution in [3.63, 3.8) is 0 Å². The van der Waals surface area contributed by atoms with Crippen molar-refractivity contribution in [3.05, 3.63) is 56.0 Å². The van der Waals surface area contributed by atoms with Crippen LogP contribution in [0.25, 0.3) is 0 Å². The molecule has 2 rings (SSSR count). The van der Waals surface area contributed by atoms with Gasteiger partial charge in [0.05, 0.1) is 37.0 Å². The van der Waals surface area contributed by atoms with Crippen molar-refractivity contribution in [3.8, 4) is 11.5 Å². The van der Waals surface area contributed by atoms with E-state index in [0.717, 1.165) is 16.3 Å². The van der Waals surface area contributed by atoms with Gasteiger partial charge in [0.2, 0.25) is 0 Å². The lowest BCUT2D eigenvalue weighted by Crippen LogP contribution is -2.24. The van der Waals surface area contributed by atoms with Crippen molar-refractivity contribution in [2.24, 2.45) is 5.10 Å². The number of urea groups is 1. The topological polar surface area (TPSA) is 115 Å². The molecule has 0 atom stereocenters. The van der Waals surface area contributed by atoms with Gasteiger partial charge in [0.1, 0.15) is 0 Å². The molecule has 142 valence electrons. The molecule has 2 aromatic rings. The van der Waals surface area contributed by atoms with Crippen molar-refractivity contribution in [2.45, 2.75) is 6.92 Å². The molecule has 0 saturated heterocycles. The van der Waals surface area contributed by atoms with Crippen LogP contribution in [0.15, 0.2) is 39.9 Å². The molecule has 0 saturated carbocycles. The van der Waals surface area contributed by atoms with Crippen LogP contribution in [0.3, 0.4) is 0 Å². The standard InChI is InChI=1S/C17H17BrN4O5/c1-10-6-12(4-5-13(10)18)20-17(23)21-19-9-11-7-15(26-2)16(27-3)8-14(11)22(24)25/h4-9H,1-3H3,(H2,20,21,23)/b19-9+. The second-order valence-electron chi connectivity index (χ2n) is 5.31. The Morgan fingerprint density at radius 1 is 1.22 bits per heavy atom. The van der Waals surface area contributed by atoms with E-state index in [2.05, 4.69) is 31.8 Å². The summed E-state index contributed by atoms with van der Waals surface area (Å²) in [4.78, 5) is 22.6. The van der Waals surface area contributed by atoms with E-state index in [-0.39, 0.29) is 17.0 Å². The molecule has 0 unspecified atom stereocenters. The summed E-state index contributed by atoms with van der Waals surface area (Å²) >= 11 is 3.38. The van der Waals surface area contributed by atoms with E-state index in [9.17, 15) is 14.9 Å². The molecule has 0 spiro atoms. The number of halogens is 1. The number of amides is 2. The third-order valence-corrected chi connectivity index (χ3v) is 4.40. The third kappa shape index (κ3) is 5.17. The van der Waals surface area contributed by atoms with E-state index < -0.39 is 11.0 Å². The van der Waals surface area contributed by atoms with Gasteiger partial charge in [0, 0.05) is 10.2 Å². The van der Waals surface area contributed by atoms with Gasteiger partial charge in [-0.3, -0.25) is 10.1 Å². The molecule has 0 fully saturated rings. The number of nitrogens with zero attached hydrogens (tertiary/aromatic N) is 2. The van der Waals surface area contributed by atoms with Crippen LogP contribution in [0.2, 0.25) is 0 Å². The van der Waals surface area contributed by atoms with E-state index in [4.69, 9.17) is 9.47 Å². The minimum atomic E-state index is -0.587. The van der Waals surface area contributed by atoms with Gasteiger partial charge >= 0.3 is 6.03 Å². The van der Waals surface area contributed by atoms with Gasteiger partial charge in [-0.1, -0.05) is 15.9 Å². The normalized spacial score (nSPS) is 10.5. The SMILES string of the molecule is COc1cc(/C=N/NC(=O)Nc2ccc(Br)c(C)c2)c([N+](=O)[O-])cc1OC. The summed E-state index contributed by atoms with van der Waals surface area (Å²) in [6.07, 6.45) is 1.16. The summed E-state index contributed by atoms with van der Waals surface area (Å²) in [5.74, 6) is 0.525. The van der Waals surface area contributed by atoms with E-state index >= 15 is 0 Å². The summed E-state index contributed by atoms with van der Waals surface area (Å²) in [6.45, 7) is 1.89. The Balaban J connectivity index is 2.13. The summed E-state index contributed by atoms with van der Waals surface area (Å²) in [5, 5.41) is 17.6. The number of nitro benzene ring substituents is 1. The Labute approximate surface area is 163 Å². The number of aryl methyl sites for hydroxylation is 1. The number of benzene rings is 2. The van der Waals surface area contributed by atoms with Crippen LogP contribution in [0.1, 0.15) is 11.1 Å². The van der Waals surface area contributed by atoms with E-state index in [1.54, 1.807) is 18.2 Å². The second kappa shape index (κ2) is 8.99. The van der Waals surface area contributed by atoms with Crippen molar-refractivity contribution >= 4 is 39.6 Å². The van der Waals surface area contributed by atoms with Gasteiger partial charge in [-0.05, 0) is 36.8 Å². The number of nitrogens with one attached hydrogen (secondary N) is 2. The number of carbonyl (C=O) groups is 1. The molecule has 0 aliphatic heterocycles. The quantitative estimate of drug-likeness (QED) is 0.405. The first kappa shape index (κ1) is 20.2. The Kier molecular flexibility index (Phi) is 6.72. The van der Waals surface area contributed by atoms with Crippen LogP contribution in [-0.4, -0.2) is 31.4 Å². The largest absolute Gasteiger partial charge is 0.493 e. The predicted octanol–water partition coefficient (Wildman–Crippen LogP) is 3.84. The van der Waals surface area contributed by atoms with E-state index in [1.165, 1.54) is 26.4 Å². The van der Waals surface area contributed by atoms with E-state index in [1.807, 2.05) is 6.92 Å². The molecule has 0 radical (unpaired) electrons. The van der Waals surface area contributed by atoms with Crippen LogP contribution < -0.4 is 20.2 Å². The first-order valence-electron chi connectivity index (χ1n) is 7.62. The van der Waals surface area contributed by atoms with Crippen LogP contribution in [0.4, 0.5) is 16.2 Å². The Morgan fingerprint density at radius 2 is 1.89 bits per heavy atom. The molecule has 27 heavy (non-hydrogen) atoms. The number of hydrogen-bond acceptors (Lipinski definition) is 6. The minimum Gasteiger partial charge on any atom is -0.493 e. The Morgan fingerprint density at radius 3 is 2.48 bits per heavy atom. The number of carbonyl (C=O) groups excluding carboxylic acids is 1. The lowest BCUT2D eigenvalue weighted by Gasteiger charge is -2.08. The number of methoxy groups -OCH3 is 2. The third-order valence-electron chi connectivity index (χ3n) is 3.52. The summed E-state index contributed by atoms with van der Waals surface area (Å²) < 4.78 is 11.1. The number of rotatable bonds is 6. The zero-order chi connectivity index (χ0) is 20.0. The van der Waals surface area contributed by atoms with Crippen LogP contribution >= 0.6 is 15.9 Å². The zero-order valence-corrected chi connectivity index (χ0v) is 16.4. The monoisotopic (exact) mass is 436 g/mol. The number of anilines is 1. The molecule has 0 aliphatic carbocycles. The first-order chi connectivity index (χ1) is 12.8. The van der Waals surface area contributed by atoms with Gasteiger partial charge in [-0.15, -0.1) is 0 Å². The fourth-order valence-electron chi connectivity index (χ4n) is 2.19. The molecule has 0 aromatic heterocycles. The van der Waals surface area contributed by atoms with Gasteiger partial charge in [-0.25, -0.2) is 10.2 Å². The molecular weight excluding hydrogens is 420 g/mol. The lowest BCUT2D eigenvalue weighted by molar-refractivity contribution is -0.385. The van der Waals surface area contributed by atoms with Gasteiger partial charge in [0.25, 0.3) is 5.69 Å². The number of ether oxygens (including phenoxy) is 2. The molecule has 10 heteroatoms. The Bertz CT molecular complexity index is 901. The maximum absolute atomic E-state index is 11.9. The van der Waals surface area contributed by atoms with Crippen LogP contribution in [0, 0.1) is 17.0 Å². The Hall–Kier alpha value is -3.14. The average molecular weight is 437 g/mol. The molecular formula is C17H17BrN4O5. The number of hydrogen-bond donors (Lipinski definition) is 2. The maximum Gasteiger partial charge on any atom is 0.339 e. The fraction of sp³-hybridized carbons (Fsp3) is 0.176. The van der Waals surface area contributed by atoms with Crippen molar-refractivity contribution in [2.75, 3.05) is 19.5 Å².